The van der Waals surface area contributed by atoms with Crippen molar-refractivity contribution < 1.29 is 14.8 Å². The van der Waals surface area contributed by atoms with E-state index in [2.05, 4.69) is 0 Å². The zero-order valence-corrected chi connectivity index (χ0v) is 11.7. The highest BCUT2D eigenvalue weighted by Gasteiger charge is 2.38. The summed E-state index contributed by atoms with van der Waals surface area (Å²) in [7, 11) is -0.869. The Morgan fingerprint density at radius 3 is 2.17 bits per heavy atom. The first-order valence-corrected chi connectivity index (χ1v) is 6.34. The number of rotatable bonds is 6. The molecule has 1 rings (SSSR count). The summed E-state index contributed by atoms with van der Waals surface area (Å²) < 4.78 is 5.53. The first-order chi connectivity index (χ1) is 8.22. The van der Waals surface area contributed by atoms with Crippen LogP contribution in [-0.2, 0) is 11.1 Å². The van der Waals surface area contributed by atoms with Crippen molar-refractivity contribution in [3.05, 3.63) is 35.9 Å². The summed E-state index contributed by atoms with van der Waals surface area (Å²) >= 11 is 0. The van der Waals surface area contributed by atoms with Crippen molar-refractivity contribution in [2.45, 2.75) is 51.6 Å². The Bertz CT molecular complexity index is 357. The lowest BCUT2D eigenvalue weighted by Gasteiger charge is -2.38. The smallest absolute Gasteiger partial charge is 0.427 e. The van der Waals surface area contributed by atoms with Gasteiger partial charge in [-0.05, 0) is 46.0 Å². The second-order valence-corrected chi connectivity index (χ2v) is 5.67. The molecule has 1 aromatic rings. The standard InChI is InChI=1S/C14H23BO3/c1-13(2,16)14(3,4)18-15(17)11-10-12-8-6-5-7-9-12/h5-9,16-17H,10-11H2,1-4H3. The van der Waals surface area contributed by atoms with Gasteiger partial charge in [0.2, 0.25) is 0 Å². The van der Waals surface area contributed by atoms with E-state index >= 15 is 0 Å². The van der Waals surface area contributed by atoms with Gasteiger partial charge in [-0.2, -0.15) is 0 Å². The van der Waals surface area contributed by atoms with E-state index in [1.54, 1.807) is 27.7 Å². The molecule has 100 valence electrons. The SMILES string of the molecule is CC(C)(O)C(C)(C)OB(O)CCc1ccccc1. The van der Waals surface area contributed by atoms with E-state index in [4.69, 9.17) is 4.65 Å². The fourth-order valence-electron chi connectivity index (χ4n) is 1.48. The van der Waals surface area contributed by atoms with Crippen LogP contribution in [0.1, 0.15) is 33.3 Å². The van der Waals surface area contributed by atoms with Crippen molar-refractivity contribution >= 4 is 7.12 Å². The van der Waals surface area contributed by atoms with E-state index in [0.717, 1.165) is 6.42 Å². The Hall–Kier alpha value is -0.835. The molecule has 1 aromatic carbocycles. The van der Waals surface area contributed by atoms with Crippen LogP contribution in [0.2, 0.25) is 6.32 Å². The minimum atomic E-state index is -0.999. The van der Waals surface area contributed by atoms with Gasteiger partial charge < -0.3 is 14.8 Å². The van der Waals surface area contributed by atoms with Crippen molar-refractivity contribution in [1.29, 1.82) is 0 Å². The largest absolute Gasteiger partial charge is 0.454 e. The molecular formula is C14H23BO3. The zero-order chi connectivity index (χ0) is 13.8. The first-order valence-electron chi connectivity index (χ1n) is 6.34. The molecule has 0 aliphatic carbocycles. The maximum absolute atomic E-state index is 9.94. The van der Waals surface area contributed by atoms with E-state index in [-0.39, 0.29) is 0 Å². The predicted octanol–water partition coefficient (Wildman–Crippen LogP) is 2.28. The Labute approximate surface area is 110 Å². The molecule has 0 radical (unpaired) electrons. The lowest BCUT2D eigenvalue weighted by Crippen LogP contribution is -2.50. The van der Waals surface area contributed by atoms with Gasteiger partial charge in [-0.1, -0.05) is 30.3 Å². The molecule has 0 aliphatic rings. The Kier molecular flexibility index (Phi) is 4.96. The molecule has 0 atom stereocenters. The van der Waals surface area contributed by atoms with Crippen molar-refractivity contribution in [3.63, 3.8) is 0 Å². The molecule has 0 spiro atoms. The molecule has 0 heterocycles. The zero-order valence-electron chi connectivity index (χ0n) is 11.7. The molecule has 3 nitrogen and oxygen atoms in total. The highest BCUT2D eigenvalue weighted by molar-refractivity contribution is 6.42. The van der Waals surface area contributed by atoms with E-state index in [9.17, 15) is 10.1 Å². The summed E-state index contributed by atoms with van der Waals surface area (Å²) in [6, 6.07) is 9.96. The van der Waals surface area contributed by atoms with E-state index in [1.165, 1.54) is 5.56 Å². The van der Waals surface area contributed by atoms with Gasteiger partial charge in [0.15, 0.2) is 0 Å². The number of benzene rings is 1. The maximum atomic E-state index is 9.94. The van der Waals surface area contributed by atoms with Gasteiger partial charge in [0, 0.05) is 0 Å². The highest BCUT2D eigenvalue weighted by Crippen LogP contribution is 2.26. The van der Waals surface area contributed by atoms with Gasteiger partial charge in [-0.15, -0.1) is 0 Å². The van der Waals surface area contributed by atoms with Crippen LogP contribution < -0.4 is 0 Å². The monoisotopic (exact) mass is 250 g/mol. The minimum absolute atomic E-state index is 0.517. The van der Waals surface area contributed by atoms with Crippen LogP contribution in [0.3, 0.4) is 0 Å². The van der Waals surface area contributed by atoms with Crippen LogP contribution in [0.15, 0.2) is 30.3 Å². The molecule has 0 aliphatic heterocycles. The number of hydrogen-bond donors (Lipinski definition) is 2. The molecule has 0 aromatic heterocycles. The summed E-state index contributed by atoms with van der Waals surface area (Å²) in [5.41, 5.74) is -0.620. The average molecular weight is 250 g/mol. The fraction of sp³-hybridized carbons (Fsp3) is 0.571. The van der Waals surface area contributed by atoms with Gasteiger partial charge in [-0.3, -0.25) is 0 Å². The quantitative estimate of drug-likeness (QED) is 0.761. The average Bonchev–Trinajstić information content (AvgIpc) is 2.26. The second-order valence-electron chi connectivity index (χ2n) is 5.67. The minimum Gasteiger partial charge on any atom is -0.427 e. The third-order valence-corrected chi connectivity index (χ3v) is 3.43. The van der Waals surface area contributed by atoms with Crippen LogP contribution >= 0.6 is 0 Å². The van der Waals surface area contributed by atoms with Crippen LogP contribution in [0.5, 0.6) is 0 Å². The Morgan fingerprint density at radius 1 is 1.11 bits per heavy atom. The van der Waals surface area contributed by atoms with E-state index in [1.807, 2.05) is 30.3 Å². The van der Waals surface area contributed by atoms with Crippen molar-refractivity contribution in [2.24, 2.45) is 0 Å². The highest BCUT2D eigenvalue weighted by atomic mass is 16.5. The van der Waals surface area contributed by atoms with Crippen LogP contribution in [0.4, 0.5) is 0 Å². The lowest BCUT2D eigenvalue weighted by molar-refractivity contribution is -0.0999. The molecular weight excluding hydrogens is 227 g/mol. The number of aryl methyl sites for hydroxylation is 1. The molecule has 2 N–H and O–H groups in total. The summed E-state index contributed by atoms with van der Waals surface area (Å²) in [5, 5.41) is 19.8. The molecule has 0 fully saturated rings. The summed E-state index contributed by atoms with van der Waals surface area (Å²) in [6.45, 7) is 6.91. The van der Waals surface area contributed by atoms with Gasteiger partial charge in [-0.25, -0.2) is 0 Å². The predicted molar refractivity (Wildman–Crippen MR) is 74.4 cm³/mol. The van der Waals surface area contributed by atoms with Crippen LogP contribution in [0, 0.1) is 0 Å². The molecule has 18 heavy (non-hydrogen) atoms. The normalized spacial score (nSPS) is 12.6. The molecule has 0 saturated carbocycles. The van der Waals surface area contributed by atoms with E-state index in [0.29, 0.717) is 6.32 Å². The fourth-order valence-corrected chi connectivity index (χ4v) is 1.48. The van der Waals surface area contributed by atoms with Crippen molar-refractivity contribution in [1.82, 2.24) is 0 Å². The summed E-state index contributed by atoms with van der Waals surface area (Å²) in [5.74, 6) is 0. The second kappa shape index (κ2) is 5.87. The van der Waals surface area contributed by atoms with Crippen LogP contribution in [-0.4, -0.2) is 28.5 Å². The van der Waals surface area contributed by atoms with Gasteiger partial charge in [0.05, 0.1) is 11.2 Å². The molecule has 0 amide bonds. The van der Waals surface area contributed by atoms with Gasteiger partial charge in [0.1, 0.15) is 0 Å². The number of aliphatic hydroxyl groups is 1. The van der Waals surface area contributed by atoms with Crippen molar-refractivity contribution in [3.8, 4) is 0 Å². The first kappa shape index (κ1) is 15.2. The Morgan fingerprint density at radius 2 is 1.67 bits per heavy atom. The van der Waals surface area contributed by atoms with Crippen LogP contribution in [0.25, 0.3) is 0 Å². The topological polar surface area (TPSA) is 49.7 Å². The molecule has 0 unspecified atom stereocenters. The third kappa shape index (κ3) is 4.44. The summed E-state index contributed by atoms with van der Waals surface area (Å²) in [6.07, 6.45) is 1.27. The van der Waals surface area contributed by atoms with Crippen molar-refractivity contribution in [2.75, 3.05) is 0 Å². The Balaban J connectivity index is 2.45. The third-order valence-electron chi connectivity index (χ3n) is 3.43. The van der Waals surface area contributed by atoms with E-state index < -0.39 is 18.3 Å². The summed E-state index contributed by atoms with van der Waals surface area (Å²) in [4.78, 5) is 0. The lowest BCUT2D eigenvalue weighted by atomic mass is 9.78. The maximum Gasteiger partial charge on any atom is 0.454 e. The van der Waals surface area contributed by atoms with Gasteiger partial charge >= 0.3 is 7.12 Å². The molecule has 0 saturated heterocycles. The molecule has 4 heteroatoms. The molecule has 0 bridgehead atoms. The number of hydrogen-bond acceptors (Lipinski definition) is 3. The van der Waals surface area contributed by atoms with Gasteiger partial charge in [0.25, 0.3) is 0 Å².